The first-order valence-corrected chi connectivity index (χ1v) is 9.87. The second kappa shape index (κ2) is 7.43. The fourth-order valence-electron chi connectivity index (χ4n) is 3.97. The lowest BCUT2D eigenvalue weighted by atomic mass is 10.00. The number of benzene rings is 3. The molecular weight excluding hydrogens is 400 g/mol. The first-order chi connectivity index (χ1) is 15.0. The van der Waals surface area contributed by atoms with Crippen molar-refractivity contribution in [2.45, 2.75) is 12.8 Å². The molecule has 0 aliphatic carbocycles. The van der Waals surface area contributed by atoms with Gasteiger partial charge in [0.15, 0.2) is 5.82 Å². The van der Waals surface area contributed by atoms with Gasteiger partial charge in [0, 0.05) is 23.4 Å². The Morgan fingerprint density at radius 3 is 2.55 bits per heavy atom. The molecule has 0 amide bonds. The van der Waals surface area contributed by atoms with Gasteiger partial charge in [-0.2, -0.15) is 0 Å². The summed E-state index contributed by atoms with van der Waals surface area (Å²) >= 11 is 0. The van der Waals surface area contributed by atoms with Crippen LogP contribution in [0.3, 0.4) is 0 Å². The Morgan fingerprint density at radius 2 is 1.77 bits per heavy atom. The number of fused-ring (bicyclic) bond motifs is 2. The second-order valence-electron chi connectivity index (χ2n) is 7.40. The number of aromatic nitrogens is 2. The highest BCUT2D eigenvalue weighted by Gasteiger charge is 2.25. The molecule has 0 radical (unpaired) electrons. The topological polar surface area (TPSA) is 66.3 Å². The summed E-state index contributed by atoms with van der Waals surface area (Å²) in [5.41, 5.74) is 3.54. The minimum absolute atomic E-state index is 0.104. The number of hydrogen-bond donors (Lipinski definition) is 1. The molecule has 0 atom stereocenters. The Morgan fingerprint density at radius 1 is 0.968 bits per heavy atom. The Bertz CT molecular complexity index is 1320. The summed E-state index contributed by atoms with van der Waals surface area (Å²) in [6, 6.07) is 15.4. The summed E-state index contributed by atoms with van der Waals surface area (Å²) in [6.07, 6.45) is 1.35. The molecule has 0 fully saturated rings. The van der Waals surface area contributed by atoms with Crippen LogP contribution in [0.4, 0.5) is 20.3 Å². The molecule has 1 N–H and O–H groups in total. The van der Waals surface area contributed by atoms with Gasteiger partial charge >= 0.3 is 5.97 Å². The molecule has 1 aliphatic heterocycles. The zero-order chi connectivity index (χ0) is 21.5. The average molecular weight is 417 g/mol. The Balaban J connectivity index is 1.77. The van der Waals surface area contributed by atoms with Crippen molar-refractivity contribution in [3.05, 3.63) is 83.4 Å². The van der Waals surface area contributed by atoms with Crippen LogP contribution in [0, 0.1) is 11.6 Å². The predicted octanol–water partition coefficient (Wildman–Crippen LogP) is 5.36. The number of carboxylic acid groups (broad SMARTS) is 1. The van der Waals surface area contributed by atoms with E-state index in [4.69, 9.17) is 9.97 Å². The molecule has 1 aromatic heterocycles. The molecule has 0 bridgehead atoms. The number of carbonyl (C=O) groups is 1. The van der Waals surface area contributed by atoms with Crippen molar-refractivity contribution in [1.82, 2.24) is 9.97 Å². The summed E-state index contributed by atoms with van der Waals surface area (Å²) in [5.74, 6) is -1.21. The molecule has 0 spiro atoms. The van der Waals surface area contributed by atoms with Gasteiger partial charge in [0.2, 0.25) is 0 Å². The van der Waals surface area contributed by atoms with E-state index >= 15 is 0 Å². The Hall–Kier alpha value is -3.87. The second-order valence-corrected chi connectivity index (χ2v) is 7.40. The van der Waals surface area contributed by atoms with Crippen LogP contribution in [0.2, 0.25) is 0 Å². The molecule has 4 aromatic rings. The van der Waals surface area contributed by atoms with Crippen LogP contribution in [0.15, 0.2) is 60.7 Å². The van der Waals surface area contributed by atoms with Crippen LogP contribution < -0.4 is 4.90 Å². The van der Waals surface area contributed by atoms with E-state index in [0.29, 0.717) is 52.3 Å². The summed E-state index contributed by atoms with van der Waals surface area (Å²) in [5, 5.41) is 9.35. The van der Waals surface area contributed by atoms with E-state index in [1.165, 1.54) is 30.3 Å². The molecule has 2 heterocycles. The quantitative estimate of drug-likeness (QED) is 0.486. The van der Waals surface area contributed by atoms with E-state index in [2.05, 4.69) is 0 Å². The third-order valence-electron chi connectivity index (χ3n) is 5.46. The molecule has 154 valence electrons. The fourth-order valence-corrected chi connectivity index (χ4v) is 3.97. The van der Waals surface area contributed by atoms with Crippen LogP contribution in [0.25, 0.3) is 22.3 Å². The van der Waals surface area contributed by atoms with Gasteiger partial charge < -0.3 is 10.0 Å². The minimum Gasteiger partial charge on any atom is -0.478 e. The molecule has 5 rings (SSSR count). The van der Waals surface area contributed by atoms with Gasteiger partial charge in [-0.15, -0.1) is 0 Å². The van der Waals surface area contributed by atoms with Crippen molar-refractivity contribution in [2.24, 2.45) is 0 Å². The first kappa shape index (κ1) is 19.1. The number of rotatable bonds is 3. The van der Waals surface area contributed by atoms with E-state index in [-0.39, 0.29) is 17.2 Å². The van der Waals surface area contributed by atoms with Crippen molar-refractivity contribution in [2.75, 3.05) is 11.4 Å². The van der Waals surface area contributed by atoms with Crippen LogP contribution in [0.1, 0.15) is 22.3 Å². The number of hydrogen-bond acceptors (Lipinski definition) is 4. The van der Waals surface area contributed by atoms with Gasteiger partial charge in [-0.25, -0.2) is 23.5 Å². The number of aromatic carboxylic acids is 1. The minimum atomic E-state index is -1.06. The van der Waals surface area contributed by atoms with Crippen LogP contribution in [-0.4, -0.2) is 27.6 Å². The lowest BCUT2D eigenvalue weighted by Gasteiger charge is -2.31. The van der Waals surface area contributed by atoms with Gasteiger partial charge in [-0.05, 0) is 67.4 Å². The maximum absolute atomic E-state index is 14.5. The standard InChI is InChI=1S/C24H17F2N3O2/c25-16-9-6-14(7-10-16)22-23(28-20-13-15(24(30)31)8-11-19(20)27-22)29-12-2-3-17-18(26)4-1-5-21(17)29/h1,4-11,13H,2-3,12H2,(H,30,31). The van der Waals surface area contributed by atoms with Crippen LogP contribution >= 0.6 is 0 Å². The van der Waals surface area contributed by atoms with Crippen molar-refractivity contribution in [3.63, 3.8) is 0 Å². The van der Waals surface area contributed by atoms with E-state index in [1.807, 2.05) is 11.0 Å². The van der Waals surface area contributed by atoms with Crippen LogP contribution in [-0.2, 0) is 6.42 Å². The largest absolute Gasteiger partial charge is 0.478 e. The maximum Gasteiger partial charge on any atom is 0.335 e. The predicted molar refractivity (Wildman–Crippen MR) is 114 cm³/mol. The number of halogens is 2. The third kappa shape index (κ3) is 3.38. The van der Waals surface area contributed by atoms with Gasteiger partial charge in [0.05, 0.1) is 16.6 Å². The molecule has 0 saturated carbocycles. The van der Waals surface area contributed by atoms with E-state index in [1.54, 1.807) is 24.3 Å². The lowest BCUT2D eigenvalue weighted by molar-refractivity contribution is 0.0697. The molecular formula is C24H17F2N3O2. The highest BCUT2D eigenvalue weighted by molar-refractivity contribution is 5.94. The number of nitrogens with zero attached hydrogens (tertiary/aromatic N) is 3. The normalized spacial score (nSPS) is 13.3. The summed E-state index contributed by atoms with van der Waals surface area (Å²) in [7, 11) is 0. The highest BCUT2D eigenvalue weighted by atomic mass is 19.1. The number of anilines is 2. The first-order valence-electron chi connectivity index (χ1n) is 9.87. The average Bonchev–Trinajstić information content (AvgIpc) is 2.78. The van der Waals surface area contributed by atoms with E-state index in [0.717, 1.165) is 6.42 Å². The summed E-state index contributed by atoms with van der Waals surface area (Å²) < 4.78 is 28.0. The zero-order valence-corrected chi connectivity index (χ0v) is 16.3. The molecule has 0 unspecified atom stereocenters. The molecule has 1 aliphatic rings. The van der Waals surface area contributed by atoms with E-state index in [9.17, 15) is 18.7 Å². The van der Waals surface area contributed by atoms with Crippen molar-refractivity contribution in [3.8, 4) is 11.3 Å². The monoisotopic (exact) mass is 417 g/mol. The smallest absolute Gasteiger partial charge is 0.335 e. The molecule has 3 aromatic carbocycles. The molecule has 7 heteroatoms. The van der Waals surface area contributed by atoms with Gasteiger partial charge in [-0.1, -0.05) is 6.07 Å². The zero-order valence-electron chi connectivity index (χ0n) is 16.3. The van der Waals surface area contributed by atoms with Crippen molar-refractivity contribution in [1.29, 1.82) is 0 Å². The van der Waals surface area contributed by atoms with Crippen LogP contribution in [0.5, 0.6) is 0 Å². The Kier molecular flexibility index (Phi) is 4.58. The van der Waals surface area contributed by atoms with Crippen molar-refractivity contribution >= 4 is 28.5 Å². The highest BCUT2D eigenvalue weighted by Crippen LogP contribution is 2.39. The summed E-state index contributed by atoms with van der Waals surface area (Å²) in [6.45, 7) is 0.601. The molecule has 5 nitrogen and oxygen atoms in total. The SMILES string of the molecule is O=C(O)c1ccc2nc(-c3ccc(F)cc3)c(N3CCCc4c(F)cccc43)nc2c1. The third-order valence-corrected chi connectivity index (χ3v) is 5.46. The van der Waals surface area contributed by atoms with Gasteiger partial charge in [0.25, 0.3) is 0 Å². The number of carboxylic acids is 1. The van der Waals surface area contributed by atoms with Crippen molar-refractivity contribution < 1.29 is 18.7 Å². The van der Waals surface area contributed by atoms with Gasteiger partial charge in [0.1, 0.15) is 17.3 Å². The molecule has 31 heavy (non-hydrogen) atoms. The van der Waals surface area contributed by atoms with E-state index < -0.39 is 5.97 Å². The van der Waals surface area contributed by atoms with Gasteiger partial charge in [-0.3, -0.25) is 0 Å². The maximum atomic E-state index is 14.5. The summed E-state index contributed by atoms with van der Waals surface area (Å²) in [4.78, 5) is 22.8. The Labute approximate surface area is 176 Å². The lowest BCUT2D eigenvalue weighted by Crippen LogP contribution is -2.27. The molecule has 0 saturated heterocycles. The fraction of sp³-hybridized carbons (Fsp3) is 0.125.